The quantitative estimate of drug-likeness (QED) is 0.293. The number of fused-ring (bicyclic) bond motifs is 1. The Labute approximate surface area is 219 Å². The van der Waals surface area contributed by atoms with Crippen LogP contribution in [0.4, 0.5) is 10.1 Å². The molecule has 3 N–H and O–H groups in total. The zero-order valence-electron chi connectivity index (χ0n) is 18.8. The number of hydrogen-bond acceptors (Lipinski definition) is 8. The molecule has 1 atom stereocenters. The number of hydrogen-bond donors (Lipinski definition) is 3. The maximum atomic E-state index is 14.8. The number of aromatic amines is 1. The van der Waals surface area contributed by atoms with Crippen LogP contribution in [0.25, 0.3) is 10.9 Å². The number of carbonyl (C=O) groups is 1. The summed E-state index contributed by atoms with van der Waals surface area (Å²) in [5, 5.41) is 2.50. The summed E-state index contributed by atoms with van der Waals surface area (Å²) in [5.74, 6) is -1.36. The van der Waals surface area contributed by atoms with Gasteiger partial charge in [0.1, 0.15) is 11.9 Å². The highest BCUT2D eigenvalue weighted by Crippen LogP contribution is 2.34. The Morgan fingerprint density at radius 3 is 2.51 bits per heavy atom. The number of aromatic nitrogens is 4. The summed E-state index contributed by atoms with van der Waals surface area (Å²) in [6.07, 6.45) is 0. The van der Waals surface area contributed by atoms with Crippen molar-refractivity contribution in [3.05, 3.63) is 112 Å². The van der Waals surface area contributed by atoms with Crippen molar-refractivity contribution >= 4 is 57.0 Å². The molecule has 0 saturated heterocycles. The number of nitrogens with one attached hydrogen (secondary N) is 3. The normalized spacial score (nSPS) is 12.0. The zero-order chi connectivity index (χ0) is 26.3. The number of H-pyrrole nitrogens is 1. The minimum absolute atomic E-state index is 0.0286. The molecule has 10 nitrogen and oxygen atoms in total. The Balaban J connectivity index is 1.85. The topological polar surface area (TPSA) is 131 Å². The van der Waals surface area contributed by atoms with Gasteiger partial charge in [0.2, 0.25) is 0 Å². The number of anilines is 1. The summed E-state index contributed by atoms with van der Waals surface area (Å²) in [7, 11) is 1.49. The van der Waals surface area contributed by atoms with E-state index in [9.17, 15) is 23.6 Å². The Morgan fingerprint density at radius 1 is 1.14 bits per heavy atom. The second kappa shape index (κ2) is 9.76. The first kappa shape index (κ1) is 24.6. The van der Waals surface area contributed by atoms with E-state index in [0.717, 1.165) is 22.0 Å². The molecule has 188 valence electrons. The number of amides is 1. The van der Waals surface area contributed by atoms with Crippen LogP contribution in [0.15, 0.2) is 69.0 Å². The highest BCUT2D eigenvalue weighted by Gasteiger charge is 2.28. The predicted molar refractivity (Wildman–Crippen MR) is 141 cm³/mol. The molecule has 14 heteroatoms. The fraction of sp³-hybridized carbons (Fsp3) is 0.0870. The minimum Gasteiger partial charge on any atom is -0.386 e. The molecular formula is C23H16ClFN6O4S2. The smallest absolute Gasteiger partial charge is 0.351 e. The van der Waals surface area contributed by atoms with Gasteiger partial charge in [0, 0.05) is 29.0 Å². The van der Waals surface area contributed by atoms with E-state index in [2.05, 4.69) is 20.1 Å². The molecule has 0 spiro atoms. The van der Waals surface area contributed by atoms with Gasteiger partial charge >= 0.3 is 10.6 Å². The minimum atomic E-state index is -1.05. The molecule has 5 aromatic rings. The van der Waals surface area contributed by atoms with E-state index in [-0.39, 0.29) is 28.0 Å². The molecule has 0 aliphatic heterocycles. The van der Waals surface area contributed by atoms with E-state index in [1.165, 1.54) is 25.2 Å². The summed E-state index contributed by atoms with van der Waals surface area (Å²) >= 11 is 7.95. The third-order valence-corrected chi connectivity index (χ3v) is 7.37. The Bertz CT molecular complexity index is 1830. The van der Waals surface area contributed by atoms with Crippen LogP contribution in [0.1, 0.15) is 27.1 Å². The Morgan fingerprint density at radius 2 is 1.89 bits per heavy atom. The molecule has 3 heterocycles. The molecular weight excluding hydrogens is 543 g/mol. The van der Waals surface area contributed by atoms with Crippen molar-refractivity contribution in [2.24, 2.45) is 0 Å². The lowest BCUT2D eigenvalue weighted by molar-refractivity contribution is 0.101. The van der Waals surface area contributed by atoms with Gasteiger partial charge in [-0.15, -0.1) is 11.3 Å². The first-order valence-electron chi connectivity index (χ1n) is 10.6. The van der Waals surface area contributed by atoms with Gasteiger partial charge in [-0.1, -0.05) is 29.8 Å². The van der Waals surface area contributed by atoms with E-state index < -0.39 is 33.9 Å². The van der Waals surface area contributed by atoms with Gasteiger partial charge in [-0.25, -0.2) is 9.18 Å². The van der Waals surface area contributed by atoms with E-state index in [1.54, 1.807) is 30.3 Å². The van der Waals surface area contributed by atoms with Crippen molar-refractivity contribution in [1.82, 2.24) is 18.6 Å². The van der Waals surface area contributed by atoms with E-state index in [1.807, 2.05) is 0 Å². The van der Waals surface area contributed by atoms with E-state index in [0.29, 0.717) is 25.4 Å². The highest BCUT2D eigenvalue weighted by molar-refractivity contribution is 7.16. The average molecular weight is 559 g/mol. The molecule has 0 bridgehead atoms. The van der Waals surface area contributed by atoms with Gasteiger partial charge in [0.25, 0.3) is 11.5 Å². The first-order valence-corrected chi connectivity index (χ1v) is 12.6. The van der Waals surface area contributed by atoms with Crippen molar-refractivity contribution in [1.29, 1.82) is 0 Å². The Hall–Kier alpha value is -4.07. The van der Waals surface area contributed by atoms with Crippen LogP contribution in [0.5, 0.6) is 0 Å². The van der Waals surface area contributed by atoms with Crippen LogP contribution in [0, 0.1) is 5.82 Å². The maximum Gasteiger partial charge on any atom is 0.351 e. The number of rotatable bonds is 6. The lowest BCUT2D eigenvalue weighted by Crippen LogP contribution is -2.48. The van der Waals surface area contributed by atoms with Gasteiger partial charge in [0.15, 0.2) is 5.82 Å². The van der Waals surface area contributed by atoms with Crippen LogP contribution < -0.4 is 26.9 Å². The van der Waals surface area contributed by atoms with Gasteiger partial charge in [-0.05, 0) is 36.4 Å². The summed E-state index contributed by atoms with van der Waals surface area (Å²) in [5.41, 5.74) is 0.722. The molecule has 0 radical (unpaired) electrons. The molecule has 37 heavy (non-hydrogen) atoms. The molecule has 2 aromatic carbocycles. The van der Waals surface area contributed by atoms with Crippen molar-refractivity contribution in [3.63, 3.8) is 0 Å². The SMILES string of the molecule is CNc1cc2c(cc1F)c(=O)n(NC(=O)c1ccccc1)c(=O)n2C(c1nsc(=O)[nH]1)c1ccc(Cl)s1. The van der Waals surface area contributed by atoms with E-state index in [4.69, 9.17) is 11.6 Å². The monoisotopic (exact) mass is 558 g/mol. The average Bonchev–Trinajstić information content (AvgIpc) is 3.52. The second-order valence-electron chi connectivity index (χ2n) is 7.72. The summed E-state index contributed by atoms with van der Waals surface area (Å²) in [6.45, 7) is 0. The summed E-state index contributed by atoms with van der Waals surface area (Å²) in [4.78, 5) is 54.8. The van der Waals surface area contributed by atoms with Crippen molar-refractivity contribution < 1.29 is 9.18 Å². The summed E-state index contributed by atoms with van der Waals surface area (Å²) in [6, 6.07) is 12.5. The third-order valence-electron chi connectivity index (χ3n) is 5.53. The third kappa shape index (κ3) is 4.48. The summed E-state index contributed by atoms with van der Waals surface area (Å²) < 4.78 is 21.0. The van der Waals surface area contributed by atoms with E-state index >= 15 is 0 Å². The lowest BCUT2D eigenvalue weighted by atomic mass is 10.1. The Kier molecular flexibility index (Phi) is 6.50. The second-order valence-corrected chi connectivity index (χ2v) is 10.2. The molecule has 0 aliphatic rings. The fourth-order valence-electron chi connectivity index (χ4n) is 3.86. The van der Waals surface area contributed by atoms with Gasteiger partial charge in [-0.2, -0.15) is 9.05 Å². The molecule has 0 saturated carbocycles. The molecule has 1 unspecified atom stereocenters. The largest absolute Gasteiger partial charge is 0.386 e. The van der Waals surface area contributed by atoms with Crippen LogP contribution in [0.2, 0.25) is 4.34 Å². The number of thiophene rings is 1. The first-order chi connectivity index (χ1) is 17.8. The number of benzene rings is 2. The molecule has 0 aliphatic carbocycles. The van der Waals surface area contributed by atoms with Gasteiger partial charge in [0.05, 0.1) is 20.9 Å². The lowest BCUT2D eigenvalue weighted by Gasteiger charge is -2.21. The van der Waals surface area contributed by atoms with Crippen molar-refractivity contribution in [2.75, 3.05) is 17.8 Å². The van der Waals surface area contributed by atoms with Crippen LogP contribution in [-0.2, 0) is 0 Å². The fourth-order valence-corrected chi connectivity index (χ4v) is 5.50. The number of nitrogens with zero attached hydrogens (tertiary/aromatic N) is 3. The van der Waals surface area contributed by atoms with Crippen molar-refractivity contribution in [3.8, 4) is 0 Å². The van der Waals surface area contributed by atoms with Gasteiger partial charge in [-0.3, -0.25) is 29.4 Å². The van der Waals surface area contributed by atoms with Crippen LogP contribution in [0.3, 0.4) is 0 Å². The molecule has 3 aromatic heterocycles. The molecule has 5 rings (SSSR count). The van der Waals surface area contributed by atoms with Crippen molar-refractivity contribution in [2.45, 2.75) is 6.04 Å². The highest BCUT2D eigenvalue weighted by atomic mass is 35.5. The van der Waals surface area contributed by atoms with Gasteiger partial charge < -0.3 is 5.32 Å². The zero-order valence-corrected chi connectivity index (χ0v) is 21.2. The maximum absolute atomic E-state index is 14.8. The van der Waals surface area contributed by atoms with Crippen LogP contribution >= 0.6 is 34.5 Å². The number of carbonyl (C=O) groups excluding carboxylic acids is 1. The van der Waals surface area contributed by atoms with Crippen LogP contribution in [-0.4, -0.2) is 31.6 Å². The molecule has 0 fully saturated rings. The predicted octanol–water partition coefficient (Wildman–Crippen LogP) is 3.23. The standard InChI is InChI=1S/C23H16ClFN6O4S2/c1-26-14-10-15-12(9-13(14)25)21(33)31(28-20(32)11-5-3-2-4-6-11)23(35)30(15)18(16-7-8-17(24)36-16)19-27-22(34)37-29-19/h2-10,18,26H,1H3,(H,28,32)(H,27,29,34). The number of halogens is 2. The molecule has 1 amide bonds.